The van der Waals surface area contributed by atoms with Gasteiger partial charge >= 0.3 is 0 Å². The van der Waals surface area contributed by atoms with E-state index in [9.17, 15) is 4.79 Å². The minimum Gasteiger partial charge on any atom is -0.493 e. The number of rotatable bonds is 6. The van der Waals surface area contributed by atoms with Crippen LogP contribution in [0.5, 0.6) is 5.75 Å². The van der Waals surface area contributed by atoms with Gasteiger partial charge in [-0.2, -0.15) is 0 Å². The smallest absolute Gasteiger partial charge is 0.226 e. The monoisotopic (exact) mass is 291 g/mol. The van der Waals surface area contributed by atoms with E-state index in [1.807, 2.05) is 23.1 Å². The second-order valence-corrected chi connectivity index (χ2v) is 5.85. The normalized spacial score (nSPS) is 18.0. The van der Waals surface area contributed by atoms with Crippen molar-refractivity contribution in [2.75, 3.05) is 26.3 Å². The summed E-state index contributed by atoms with van der Waals surface area (Å²) >= 11 is 0. The lowest BCUT2D eigenvalue weighted by Gasteiger charge is -2.16. The zero-order valence-corrected chi connectivity index (χ0v) is 13.0. The molecule has 4 nitrogen and oxygen atoms in total. The summed E-state index contributed by atoms with van der Waals surface area (Å²) in [7, 11) is 0. The summed E-state index contributed by atoms with van der Waals surface area (Å²) in [5, 5.41) is 8.94. The van der Waals surface area contributed by atoms with Gasteiger partial charge in [0, 0.05) is 19.7 Å². The Labute approximate surface area is 126 Å². The molecular weight excluding hydrogens is 266 g/mol. The van der Waals surface area contributed by atoms with E-state index in [1.165, 1.54) is 11.1 Å². The van der Waals surface area contributed by atoms with Crippen LogP contribution < -0.4 is 4.74 Å². The number of aryl methyl sites for hydroxylation is 2. The largest absolute Gasteiger partial charge is 0.493 e. The Bertz CT molecular complexity index is 487. The summed E-state index contributed by atoms with van der Waals surface area (Å²) in [6.07, 6.45) is 2.21. The summed E-state index contributed by atoms with van der Waals surface area (Å²) in [4.78, 5) is 14.0. The number of carbonyl (C=O) groups is 1. The van der Waals surface area contributed by atoms with Gasteiger partial charge in [0.2, 0.25) is 5.91 Å². The van der Waals surface area contributed by atoms with E-state index in [0.29, 0.717) is 18.9 Å². The Hall–Kier alpha value is -1.55. The fourth-order valence-electron chi connectivity index (χ4n) is 2.70. The maximum absolute atomic E-state index is 12.1. The predicted octanol–water partition coefficient (Wildman–Crippen LogP) is 2.30. The van der Waals surface area contributed by atoms with Crippen molar-refractivity contribution in [3.8, 4) is 5.75 Å². The summed E-state index contributed by atoms with van der Waals surface area (Å²) in [6.45, 7) is 6.35. The molecule has 0 saturated carbocycles. The molecule has 1 saturated heterocycles. The van der Waals surface area contributed by atoms with E-state index in [4.69, 9.17) is 9.84 Å². The summed E-state index contributed by atoms with van der Waals surface area (Å²) in [6, 6.07) is 5.99. The number of aliphatic hydroxyl groups excluding tert-OH is 1. The van der Waals surface area contributed by atoms with E-state index < -0.39 is 0 Å². The van der Waals surface area contributed by atoms with Crippen molar-refractivity contribution in [2.45, 2.75) is 33.1 Å². The number of ether oxygens (including phenoxy) is 1. The first-order chi connectivity index (χ1) is 10.1. The maximum Gasteiger partial charge on any atom is 0.226 e. The van der Waals surface area contributed by atoms with Crippen LogP contribution in [-0.4, -0.2) is 42.2 Å². The molecule has 21 heavy (non-hydrogen) atoms. The van der Waals surface area contributed by atoms with Crippen molar-refractivity contribution in [3.05, 3.63) is 29.3 Å². The van der Waals surface area contributed by atoms with Crippen LogP contribution >= 0.6 is 0 Å². The Morgan fingerprint density at radius 3 is 2.90 bits per heavy atom. The molecule has 1 aromatic carbocycles. The van der Waals surface area contributed by atoms with Crippen LogP contribution in [-0.2, 0) is 4.79 Å². The molecule has 1 amide bonds. The Morgan fingerprint density at radius 2 is 2.19 bits per heavy atom. The molecule has 4 heteroatoms. The Morgan fingerprint density at radius 1 is 1.38 bits per heavy atom. The maximum atomic E-state index is 12.1. The van der Waals surface area contributed by atoms with Gasteiger partial charge in [-0.05, 0) is 55.9 Å². The molecule has 1 aromatic rings. The van der Waals surface area contributed by atoms with Crippen molar-refractivity contribution in [2.24, 2.45) is 5.92 Å². The molecule has 0 spiro atoms. The molecule has 1 aliphatic heterocycles. The minimum absolute atomic E-state index is 0.152. The number of carbonyl (C=O) groups excluding carboxylic acids is 1. The lowest BCUT2D eigenvalue weighted by Crippen LogP contribution is -2.29. The molecule has 1 fully saturated rings. The SMILES string of the molecule is Cc1ccc(OCCC(=O)N2CCC(CCO)C2)cc1C. The highest BCUT2D eigenvalue weighted by atomic mass is 16.5. The molecule has 1 unspecified atom stereocenters. The highest BCUT2D eigenvalue weighted by Gasteiger charge is 2.25. The van der Waals surface area contributed by atoms with Crippen molar-refractivity contribution in [3.63, 3.8) is 0 Å². The van der Waals surface area contributed by atoms with Crippen LogP contribution in [0.2, 0.25) is 0 Å². The van der Waals surface area contributed by atoms with Crippen molar-refractivity contribution in [1.29, 1.82) is 0 Å². The van der Waals surface area contributed by atoms with Gasteiger partial charge in [0.1, 0.15) is 5.75 Å². The molecule has 1 N–H and O–H groups in total. The molecule has 0 radical (unpaired) electrons. The van der Waals surface area contributed by atoms with Gasteiger partial charge in [-0.3, -0.25) is 4.79 Å². The fourth-order valence-corrected chi connectivity index (χ4v) is 2.70. The van der Waals surface area contributed by atoms with E-state index in [1.54, 1.807) is 0 Å². The third-order valence-corrected chi connectivity index (χ3v) is 4.24. The number of nitrogens with zero attached hydrogens (tertiary/aromatic N) is 1. The van der Waals surface area contributed by atoms with Gasteiger partial charge in [-0.15, -0.1) is 0 Å². The van der Waals surface area contributed by atoms with Crippen LogP contribution in [0.3, 0.4) is 0 Å². The Kier molecular flexibility index (Phi) is 5.62. The molecule has 1 heterocycles. The lowest BCUT2D eigenvalue weighted by atomic mass is 10.1. The van der Waals surface area contributed by atoms with Gasteiger partial charge < -0.3 is 14.7 Å². The van der Waals surface area contributed by atoms with Gasteiger partial charge in [0.05, 0.1) is 13.0 Å². The summed E-state index contributed by atoms with van der Waals surface area (Å²) < 4.78 is 5.66. The van der Waals surface area contributed by atoms with Crippen LogP contribution in [0.4, 0.5) is 0 Å². The van der Waals surface area contributed by atoms with Crippen molar-refractivity contribution < 1.29 is 14.6 Å². The number of hydrogen-bond acceptors (Lipinski definition) is 3. The zero-order chi connectivity index (χ0) is 15.2. The van der Waals surface area contributed by atoms with Gasteiger partial charge in [-0.25, -0.2) is 0 Å². The predicted molar refractivity (Wildman–Crippen MR) is 82.4 cm³/mol. The number of aliphatic hydroxyl groups is 1. The Balaban J connectivity index is 1.73. The van der Waals surface area contributed by atoms with Crippen LogP contribution in [0.25, 0.3) is 0 Å². The number of amides is 1. The summed E-state index contributed by atoms with van der Waals surface area (Å²) in [5.41, 5.74) is 2.44. The highest BCUT2D eigenvalue weighted by Crippen LogP contribution is 2.20. The topological polar surface area (TPSA) is 49.8 Å². The molecule has 0 aromatic heterocycles. The average molecular weight is 291 g/mol. The van der Waals surface area contributed by atoms with Crippen LogP contribution in [0.15, 0.2) is 18.2 Å². The molecule has 116 valence electrons. The van der Waals surface area contributed by atoms with Gasteiger partial charge in [0.15, 0.2) is 0 Å². The number of hydrogen-bond donors (Lipinski definition) is 1. The molecule has 1 atom stereocenters. The molecule has 0 bridgehead atoms. The van der Waals surface area contributed by atoms with E-state index in [2.05, 4.69) is 13.8 Å². The standard InChI is InChI=1S/C17H25NO3/c1-13-3-4-16(11-14(13)2)21-10-7-17(20)18-8-5-15(12-18)6-9-19/h3-4,11,15,19H,5-10,12H2,1-2H3. The average Bonchev–Trinajstić information content (AvgIpc) is 2.92. The molecular formula is C17H25NO3. The number of likely N-dealkylation sites (tertiary alicyclic amines) is 1. The lowest BCUT2D eigenvalue weighted by molar-refractivity contribution is -0.130. The fraction of sp³-hybridized carbons (Fsp3) is 0.588. The second kappa shape index (κ2) is 7.46. The van der Waals surface area contributed by atoms with Gasteiger partial charge in [0.25, 0.3) is 0 Å². The zero-order valence-electron chi connectivity index (χ0n) is 13.0. The highest BCUT2D eigenvalue weighted by molar-refractivity contribution is 5.76. The van der Waals surface area contributed by atoms with Crippen molar-refractivity contribution in [1.82, 2.24) is 4.90 Å². The first-order valence-electron chi connectivity index (χ1n) is 7.69. The first-order valence-corrected chi connectivity index (χ1v) is 7.69. The van der Waals surface area contributed by atoms with E-state index in [-0.39, 0.29) is 12.5 Å². The molecule has 1 aliphatic rings. The van der Waals surface area contributed by atoms with Crippen LogP contribution in [0.1, 0.15) is 30.4 Å². The number of benzene rings is 1. The van der Waals surface area contributed by atoms with Crippen LogP contribution in [0, 0.1) is 19.8 Å². The third-order valence-electron chi connectivity index (χ3n) is 4.24. The minimum atomic E-state index is 0.152. The third kappa shape index (κ3) is 4.46. The molecule has 2 rings (SSSR count). The van der Waals surface area contributed by atoms with Crippen molar-refractivity contribution >= 4 is 5.91 Å². The summed E-state index contributed by atoms with van der Waals surface area (Å²) in [5.74, 6) is 1.43. The molecule has 0 aliphatic carbocycles. The first kappa shape index (κ1) is 15.8. The van der Waals surface area contributed by atoms with Gasteiger partial charge in [-0.1, -0.05) is 6.07 Å². The van der Waals surface area contributed by atoms with E-state index >= 15 is 0 Å². The quantitative estimate of drug-likeness (QED) is 0.875. The van der Waals surface area contributed by atoms with E-state index in [0.717, 1.165) is 31.7 Å². The second-order valence-electron chi connectivity index (χ2n) is 5.85.